The number of carbonyl (C=O) groups excluding carboxylic acids is 1. The molecule has 0 aromatic heterocycles. The largest absolute Gasteiger partial charge is 0.271 e. The van der Waals surface area contributed by atoms with Gasteiger partial charge in [0.1, 0.15) is 0 Å². The van der Waals surface area contributed by atoms with Crippen LogP contribution in [0.1, 0.15) is 21.5 Å². The molecule has 3 aromatic rings. The van der Waals surface area contributed by atoms with Crippen molar-refractivity contribution >= 4 is 51.0 Å². The van der Waals surface area contributed by atoms with Crippen LogP contribution in [0.3, 0.4) is 0 Å². The van der Waals surface area contributed by atoms with Gasteiger partial charge in [-0.15, -0.1) is 0 Å². The van der Waals surface area contributed by atoms with Gasteiger partial charge in [-0.05, 0) is 55.5 Å². The summed E-state index contributed by atoms with van der Waals surface area (Å²) in [4.78, 5) is 12.5. The molecule has 3 rings (SSSR count). The third-order valence-electron chi connectivity index (χ3n) is 4.53. The number of aryl methyl sites for hydroxylation is 1. The Kier molecular flexibility index (Phi) is 7.00. The van der Waals surface area contributed by atoms with Crippen LogP contribution in [-0.4, -0.2) is 27.6 Å². The molecule has 0 radical (unpaired) electrons. The Morgan fingerprint density at radius 1 is 0.968 bits per heavy atom. The molecular formula is C22H19Cl2N3O3S. The number of benzene rings is 3. The van der Waals surface area contributed by atoms with Gasteiger partial charge in [0.25, 0.3) is 15.9 Å². The molecule has 1 N–H and O–H groups in total. The summed E-state index contributed by atoms with van der Waals surface area (Å²) in [6, 6.07) is 17.8. The van der Waals surface area contributed by atoms with Crippen LogP contribution in [0.5, 0.6) is 0 Å². The number of rotatable bonds is 6. The number of sulfonamides is 1. The zero-order valence-corrected chi connectivity index (χ0v) is 19.0. The van der Waals surface area contributed by atoms with Crippen LogP contribution < -0.4 is 9.73 Å². The van der Waals surface area contributed by atoms with Crippen LogP contribution in [0.15, 0.2) is 76.7 Å². The van der Waals surface area contributed by atoms with Crippen molar-refractivity contribution in [1.82, 2.24) is 5.43 Å². The summed E-state index contributed by atoms with van der Waals surface area (Å²) >= 11 is 12.1. The van der Waals surface area contributed by atoms with Gasteiger partial charge in [0, 0.05) is 18.2 Å². The highest BCUT2D eigenvalue weighted by molar-refractivity contribution is 7.92. The van der Waals surface area contributed by atoms with Gasteiger partial charge in [-0.25, -0.2) is 13.8 Å². The molecule has 0 aliphatic carbocycles. The number of nitrogens with one attached hydrogen (secondary N) is 1. The zero-order chi connectivity index (χ0) is 22.6. The average molecular weight is 476 g/mol. The number of hydrogen-bond donors (Lipinski definition) is 1. The number of nitrogens with zero attached hydrogens (tertiary/aromatic N) is 2. The van der Waals surface area contributed by atoms with E-state index in [1.54, 1.807) is 54.6 Å². The van der Waals surface area contributed by atoms with Crippen molar-refractivity contribution in [2.24, 2.45) is 5.10 Å². The predicted molar refractivity (Wildman–Crippen MR) is 125 cm³/mol. The van der Waals surface area contributed by atoms with Gasteiger partial charge >= 0.3 is 0 Å². The fraction of sp³-hybridized carbons (Fsp3) is 0.0909. The lowest BCUT2D eigenvalue weighted by Gasteiger charge is -2.19. The lowest BCUT2D eigenvalue weighted by Crippen LogP contribution is -2.26. The highest BCUT2D eigenvalue weighted by atomic mass is 35.5. The smallest absolute Gasteiger partial charge is 0.269 e. The Hall–Kier alpha value is -2.87. The van der Waals surface area contributed by atoms with Crippen molar-refractivity contribution < 1.29 is 13.2 Å². The van der Waals surface area contributed by atoms with E-state index >= 15 is 0 Å². The highest BCUT2D eigenvalue weighted by Gasteiger charge is 2.21. The molecule has 160 valence electrons. The molecule has 6 nitrogen and oxygen atoms in total. The van der Waals surface area contributed by atoms with E-state index < -0.39 is 15.9 Å². The first kappa shape index (κ1) is 22.8. The molecular weight excluding hydrogens is 457 g/mol. The molecule has 0 aliphatic heterocycles. The van der Waals surface area contributed by atoms with E-state index in [0.29, 0.717) is 26.9 Å². The third-order valence-corrected chi connectivity index (χ3v) is 6.99. The summed E-state index contributed by atoms with van der Waals surface area (Å²) in [5.74, 6) is -0.463. The molecule has 0 heterocycles. The minimum absolute atomic E-state index is 0.190. The van der Waals surface area contributed by atoms with Gasteiger partial charge in [-0.2, -0.15) is 5.10 Å². The summed E-state index contributed by atoms with van der Waals surface area (Å²) in [6.45, 7) is 1.89. The molecule has 0 aliphatic rings. The fourth-order valence-corrected chi connectivity index (χ4v) is 4.37. The van der Waals surface area contributed by atoms with E-state index in [1.807, 2.05) is 6.92 Å². The number of carbonyl (C=O) groups is 1. The molecule has 0 spiro atoms. The van der Waals surface area contributed by atoms with Crippen molar-refractivity contribution in [2.75, 3.05) is 11.4 Å². The SMILES string of the molecule is Cc1ccc(S(=O)(=O)N(C)c2ccc(C(=O)N/N=C\c3c(Cl)cccc3Cl)cc2)cc1. The molecule has 0 unspecified atom stereocenters. The maximum Gasteiger partial charge on any atom is 0.271 e. The zero-order valence-electron chi connectivity index (χ0n) is 16.7. The van der Waals surface area contributed by atoms with E-state index in [9.17, 15) is 13.2 Å². The summed E-state index contributed by atoms with van der Waals surface area (Å²) in [7, 11) is -2.25. The quantitative estimate of drug-likeness (QED) is 0.407. The normalized spacial score (nSPS) is 11.5. The Balaban J connectivity index is 1.71. The van der Waals surface area contributed by atoms with Crippen molar-refractivity contribution in [3.8, 4) is 0 Å². The Labute approximate surface area is 191 Å². The highest BCUT2D eigenvalue weighted by Crippen LogP contribution is 2.23. The van der Waals surface area contributed by atoms with Gasteiger partial charge < -0.3 is 0 Å². The second kappa shape index (κ2) is 9.51. The van der Waals surface area contributed by atoms with Crippen LogP contribution in [0, 0.1) is 6.92 Å². The van der Waals surface area contributed by atoms with E-state index in [4.69, 9.17) is 23.2 Å². The van der Waals surface area contributed by atoms with Crippen molar-refractivity contribution in [3.05, 3.63) is 93.5 Å². The van der Waals surface area contributed by atoms with E-state index in [1.165, 1.54) is 25.4 Å². The minimum Gasteiger partial charge on any atom is -0.269 e. The van der Waals surface area contributed by atoms with E-state index in [-0.39, 0.29) is 4.90 Å². The van der Waals surface area contributed by atoms with Crippen LogP contribution >= 0.6 is 23.2 Å². The summed E-state index contributed by atoms with van der Waals surface area (Å²) in [5.41, 5.74) is 4.58. The molecule has 3 aromatic carbocycles. The Bertz CT molecular complexity index is 1210. The first-order valence-electron chi connectivity index (χ1n) is 9.13. The van der Waals surface area contributed by atoms with Gasteiger partial charge in [-0.1, -0.05) is 47.0 Å². The van der Waals surface area contributed by atoms with Crippen molar-refractivity contribution in [3.63, 3.8) is 0 Å². The van der Waals surface area contributed by atoms with Crippen molar-refractivity contribution in [1.29, 1.82) is 0 Å². The summed E-state index contributed by atoms with van der Waals surface area (Å²) < 4.78 is 26.8. The predicted octanol–water partition coefficient (Wildman–Crippen LogP) is 4.89. The molecule has 1 amide bonds. The standard InChI is InChI=1S/C22H19Cl2N3O3S/c1-15-6-12-18(13-7-15)31(29,30)27(2)17-10-8-16(9-11-17)22(28)26-25-14-19-20(23)4-3-5-21(19)24/h3-14H,1-2H3,(H,26,28)/b25-14-. The van der Waals surface area contributed by atoms with Crippen LogP contribution in [0.2, 0.25) is 10.0 Å². The molecule has 0 atom stereocenters. The Morgan fingerprint density at radius 2 is 1.55 bits per heavy atom. The first-order chi connectivity index (χ1) is 14.7. The second-order valence-electron chi connectivity index (χ2n) is 6.67. The van der Waals surface area contributed by atoms with Crippen LogP contribution in [0.4, 0.5) is 5.69 Å². The summed E-state index contributed by atoms with van der Waals surface area (Å²) in [6.07, 6.45) is 1.36. The average Bonchev–Trinajstić information content (AvgIpc) is 2.75. The van der Waals surface area contributed by atoms with Gasteiger partial charge in [0.2, 0.25) is 0 Å². The van der Waals surface area contributed by atoms with Gasteiger partial charge in [0.05, 0.1) is 26.8 Å². The molecule has 31 heavy (non-hydrogen) atoms. The number of halogens is 2. The second-order valence-corrected chi connectivity index (χ2v) is 9.45. The number of hydrogen-bond acceptors (Lipinski definition) is 4. The Morgan fingerprint density at radius 3 is 2.13 bits per heavy atom. The lowest BCUT2D eigenvalue weighted by molar-refractivity contribution is 0.0955. The van der Waals surface area contributed by atoms with Crippen LogP contribution in [0.25, 0.3) is 0 Å². The topological polar surface area (TPSA) is 78.8 Å². The molecule has 0 fully saturated rings. The van der Waals surface area contributed by atoms with Crippen molar-refractivity contribution in [2.45, 2.75) is 11.8 Å². The number of amides is 1. The van der Waals surface area contributed by atoms with Gasteiger partial charge in [-0.3, -0.25) is 9.10 Å². The summed E-state index contributed by atoms with van der Waals surface area (Å²) in [5, 5.41) is 4.70. The maximum absolute atomic E-state index is 12.8. The molecule has 9 heteroatoms. The first-order valence-corrected chi connectivity index (χ1v) is 11.3. The molecule has 0 saturated carbocycles. The van der Waals surface area contributed by atoms with Gasteiger partial charge in [0.15, 0.2) is 0 Å². The van der Waals surface area contributed by atoms with E-state index in [0.717, 1.165) is 9.87 Å². The number of hydrazone groups is 1. The van der Waals surface area contributed by atoms with E-state index in [2.05, 4.69) is 10.5 Å². The lowest BCUT2D eigenvalue weighted by atomic mass is 10.2. The molecule has 0 bridgehead atoms. The molecule has 0 saturated heterocycles. The number of anilines is 1. The third kappa shape index (κ3) is 5.25. The maximum atomic E-state index is 12.8. The fourth-order valence-electron chi connectivity index (χ4n) is 2.68. The minimum atomic E-state index is -3.71. The monoisotopic (exact) mass is 475 g/mol. The van der Waals surface area contributed by atoms with Crippen LogP contribution in [-0.2, 0) is 10.0 Å².